The third kappa shape index (κ3) is 5.17. The molecular formula is C19H20N8O6S2. The molecule has 3 heterocycles. The van der Waals surface area contributed by atoms with E-state index in [-0.39, 0.29) is 33.9 Å². The van der Waals surface area contributed by atoms with Gasteiger partial charge in [0.25, 0.3) is 15.0 Å². The van der Waals surface area contributed by atoms with Gasteiger partial charge in [-0.3, -0.25) is 19.9 Å². The summed E-state index contributed by atoms with van der Waals surface area (Å²) in [5.41, 5.74) is 0.0554. The third-order valence-electron chi connectivity index (χ3n) is 5.28. The summed E-state index contributed by atoms with van der Waals surface area (Å²) in [6.45, 7) is 0. The number of aliphatic carboxylic acids is 1. The Morgan fingerprint density at radius 3 is 2.63 bits per heavy atom. The quantitative estimate of drug-likeness (QED) is 0.364. The van der Waals surface area contributed by atoms with Gasteiger partial charge in [0, 0.05) is 19.2 Å². The number of rotatable bonds is 8. The van der Waals surface area contributed by atoms with Gasteiger partial charge in [-0.15, -0.1) is 0 Å². The normalized spacial score (nSPS) is 14.1. The van der Waals surface area contributed by atoms with Crippen LogP contribution in [0.1, 0.15) is 41.9 Å². The highest BCUT2D eigenvalue weighted by molar-refractivity contribution is 7.93. The molecule has 1 aliphatic rings. The Hall–Kier alpha value is -3.79. The van der Waals surface area contributed by atoms with Crippen molar-refractivity contribution in [3.63, 3.8) is 0 Å². The molecular weight excluding hydrogens is 500 g/mol. The predicted molar refractivity (Wildman–Crippen MR) is 121 cm³/mol. The maximum absolute atomic E-state index is 13.0. The molecule has 0 spiro atoms. The second-order valence-electron chi connectivity index (χ2n) is 7.74. The monoisotopic (exact) mass is 520 g/mol. The van der Waals surface area contributed by atoms with E-state index in [0.29, 0.717) is 11.3 Å². The van der Waals surface area contributed by atoms with E-state index in [1.807, 2.05) is 0 Å². The maximum atomic E-state index is 13.0. The van der Waals surface area contributed by atoms with Gasteiger partial charge in [-0.05, 0) is 35.4 Å². The molecule has 16 heteroatoms. The molecule has 14 nitrogen and oxygen atoms in total. The lowest BCUT2D eigenvalue weighted by molar-refractivity contribution is -0.136. The van der Waals surface area contributed by atoms with Crippen LogP contribution in [-0.4, -0.2) is 61.5 Å². The van der Waals surface area contributed by atoms with Crippen molar-refractivity contribution < 1.29 is 27.9 Å². The second kappa shape index (κ2) is 9.83. The Kier molecular flexibility index (Phi) is 6.83. The number of anilines is 2. The average Bonchev–Trinajstić information content (AvgIpc) is 3.55. The van der Waals surface area contributed by atoms with E-state index in [4.69, 9.17) is 0 Å². The van der Waals surface area contributed by atoms with Crippen LogP contribution in [0, 0.1) is 5.92 Å². The molecule has 1 aliphatic carbocycles. The van der Waals surface area contributed by atoms with Gasteiger partial charge in [-0.1, -0.05) is 29.3 Å². The molecule has 4 rings (SSSR count). The van der Waals surface area contributed by atoms with Crippen molar-refractivity contribution >= 4 is 49.8 Å². The van der Waals surface area contributed by atoms with Crippen LogP contribution in [0.5, 0.6) is 0 Å². The van der Waals surface area contributed by atoms with E-state index in [1.54, 1.807) is 6.07 Å². The van der Waals surface area contributed by atoms with Crippen LogP contribution < -0.4 is 10.6 Å². The summed E-state index contributed by atoms with van der Waals surface area (Å²) in [6.07, 6.45) is 4.22. The molecule has 0 aromatic carbocycles. The predicted octanol–water partition coefficient (Wildman–Crippen LogP) is 1.54. The van der Waals surface area contributed by atoms with Gasteiger partial charge in [-0.25, -0.2) is 22.9 Å². The Balaban J connectivity index is 1.57. The highest BCUT2D eigenvalue weighted by Crippen LogP contribution is 2.32. The first-order chi connectivity index (χ1) is 16.7. The highest BCUT2D eigenvalue weighted by Gasteiger charge is 2.32. The number of urea groups is 1. The topological polar surface area (TPSA) is 199 Å². The summed E-state index contributed by atoms with van der Waals surface area (Å²) < 4.78 is 26.5. The summed E-state index contributed by atoms with van der Waals surface area (Å²) in [5.74, 6) is -1.61. The number of Topliss-reactive ketones (excluding diaryl/α,β-unsaturated/α-hetero) is 1. The zero-order valence-electron chi connectivity index (χ0n) is 18.3. The van der Waals surface area contributed by atoms with Crippen molar-refractivity contribution in [2.75, 3.05) is 10.6 Å². The molecule has 0 unspecified atom stereocenters. The summed E-state index contributed by atoms with van der Waals surface area (Å²) in [7, 11) is -3.00. The molecule has 1 fully saturated rings. The van der Waals surface area contributed by atoms with Crippen LogP contribution in [0.2, 0.25) is 0 Å². The number of nitrogens with one attached hydrogen (secondary N) is 2. The number of hydrogen-bond acceptors (Lipinski definition) is 11. The molecule has 2 amide bonds. The van der Waals surface area contributed by atoms with Gasteiger partial charge in [0.1, 0.15) is 5.69 Å². The van der Waals surface area contributed by atoms with Crippen molar-refractivity contribution in [2.45, 2.75) is 41.5 Å². The van der Waals surface area contributed by atoms with Crippen LogP contribution in [-0.2, 0) is 28.1 Å². The number of carbonyl (C=O) groups excluding carboxylic acids is 2. The first kappa shape index (κ1) is 24.3. The number of sulfone groups is 1. The van der Waals surface area contributed by atoms with E-state index in [9.17, 15) is 27.9 Å². The van der Waals surface area contributed by atoms with Crippen LogP contribution in [0.4, 0.5) is 15.6 Å². The third-order valence-corrected chi connectivity index (χ3v) is 8.55. The molecule has 3 aromatic heterocycles. The first-order valence-corrected chi connectivity index (χ1v) is 12.7. The fraction of sp³-hybridized carbons (Fsp3) is 0.368. The van der Waals surface area contributed by atoms with Crippen molar-refractivity contribution in [1.29, 1.82) is 0 Å². The van der Waals surface area contributed by atoms with Gasteiger partial charge in [0.2, 0.25) is 0 Å². The van der Waals surface area contributed by atoms with Crippen molar-refractivity contribution in [3.05, 3.63) is 29.7 Å². The molecule has 0 bridgehead atoms. The lowest BCUT2D eigenvalue weighted by Gasteiger charge is -2.12. The van der Waals surface area contributed by atoms with E-state index >= 15 is 0 Å². The molecule has 0 saturated heterocycles. The molecule has 0 aliphatic heterocycles. The number of amides is 2. The van der Waals surface area contributed by atoms with Crippen LogP contribution >= 0.6 is 11.3 Å². The zero-order valence-corrected chi connectivity index (χ0v) is 20.0. The average molecular weight is 521 g/mol. The summed E-state index contributed by atoms with van der Waals surface area (Å²) in [5, 5.41) is 23.7. The minimum Gasteiger partial charge on any atom is -0.481 e. The van der Waals surface area contributed by atoms with Crippen LogP contribution in [0.15, 0.2) is 27.7 Å². The number of aryl methyl sites for hydroxylation is 1. The second-order valence-corrected chi connectivity index (χ2v) is 10.8. The number of carboxylic acids is 1. The van der Waals surface area contributed by atoms with E-state index < -0.39 is 37.6 Å². The molecule has 0 radical (unpaired) electrons. The molecule has 1 saturated carbocycles. The Morgan fingerprint density at radius 1 is 1.23 bits per heavy atom. The summed E-state index contributed by atoms with van der Waals surface area (Å²) in [4.78, 5) is 44.9. The Bertz CT molecular complexity index is 1390. The molecule has 184 valence electrons. The number of carbonyl (C=O) groups is 3. The molecule has 35 heavy (non-hydrogen) atoms. The van der Waals surface area contributed by atoms with Gasteiger partial charge < -0.3 is 10.4 Å². The fourth-order valence-corrected chi connectivity index (χ4v) is 6.45. The van der Waals surface area contributed by atoms with E-state index in [2.05, 4.69) is 36.1 Å². The number of ketones is 1. The maximum Gasteiger partial charge on any atom is 0.325 e. The van der Waals surface area contributed by atoms with Crippen LogP contribution in [0.3, 0.4) is 0 Å². The van der Waals surface area contributed by atoms with Gasteiger partial charge in [-0.2, -0.15) is 0 Å². The molecule has 3 aromatic rings. The van der Waals surface area contributed by atoms with Crippen molar-refractivity contribution in [1.82, 2.24) is 30.2 Å². The number of carboxylic acid groups (broad SMARTS) is 1. The number of tetrazole rings is 1. The smallest absolute Gasteiger partial charge is 0.325 e. The van der Waals surface area contributed by atoms with Crippen LogP contribution in [0.25, 0.3) is 0 Å². The number of aromatic nitrogens is 6. The van der Waals surface area contributed by atoms with Crippen molar-refractivity contribution in [3.8, 4) is 0 Å². The van der Waals surface area contributed by atoms with Crippen molar-refractivity contribution in [2.24, 2.45) is 13.0 Å². The fourth-order valence-electron chi connectivity index (χ4n) is 3.72. The SMILES string of the molecule is Cn1nnnc1S(=O)(=O)c1sc(NC(=O)Nc2cccnc2C(=O)C2CCCC2)nc1CC(=O)O. The van der Waals surface area contributed by atoms with E-state index in [1.165, 1.54) is 19.3 Å². The largest absolute Gasteiger partial charge is 0.481 e. The number of hydrogen-bond donors (Lipinski definition) is 3. The zero-order chi connectivity index (χ0) is 25.2. The lowest BCUT2D eigenvalue weighted by Crippen LogP contribution is -2.23. The number of thiazole rings is 1. The van der Waals surface area contributed by atoms with Gasteiger partial charge in [0.05, 0.1) is 17.8 Å². The number of nitrogens with zero attached hydrogens (tertiary/aromatic N) is 6. The Morgan fingerprint density at radius 2 is 1.97 bits per heavy atom. The van der Waals surface area contributed by atoms with E-state index in [0.717, 1.165) is 30.4 Å². The highest BCUT2D eigenvalue weighted by atomic mass is 32.2. The lowest BCUT2D eigenvalue weighted by atomic mass is 9.99. The van der Waals surface area contributed by atoms with Gasteiger partial charge >= 0.3 is 12.0 Å². The standard InChI is InChI=1S/C19H20N8O6S2/c1-27-19(24-25-26-27)35(32,33)16-12(9-13(28)29)22-18(34-16)23-17(31)21-11-7-4-8-20-14(11)15(30)10-5-2-3-6-10/h4,7-8,10H,2-3,5-6,9H2,1H3,(H,28,29)(H2,21,22,23,31). The summed E-state index contributed by atoms with van der Waals surface area (Å²) >= 11 is 0.559. The minimum absolute atomic E-state index is 0.137. The minimum atomic E-state index is -4.31. The van der Waals surface area contributed by atoms with Gasteiger partial charge in [0.15, 0.2) is 15.1 Å². The summed E-state index contributed by atoms with van der Waals surface area (Å²) in [6, 6.07) is 2.29. The molecule has 3 N–H and O–H groups in total. The Labute approximate surface area is 202 Å². The molecule has 0 atom stereocenters. The number of pyridine rings is 1. The first-order valence-electron chi connectivity index (χ1n) is 10.4.